The number of para-hydroxylation sites is 1. The molecule has 0 saturated carbocycles. The summed E-state index contributed by atoms with van der Waals surface area (Å²) in [5.74, 6) is 0.804. The van der Waals surface area contributed by atoms with Gasteiger partial charge in [0.25, 0.3) is 0 Å². The molecule has 0 spiro atoms. The molecule has 1 atom stereocenters. The number of thioether (sulfide) groups is 1. The number of hydrogen-bond donors (Lipinski definition) is 2. The first-order valence-electron chi connectivity index (χ1n) is 5.50. The van der Waals surface area contributed by atoms with Crippen LogP contribution in [-0.4, -0.2) is 30.5 Å². The zero-order chi connectivity index (χ0) is 13.5. The molecule has 100 valence electrons. The van der Waals surface area contributed by atoms with Crippen LogP contribution in [0, 0.1) is 0 Å². The van der Waals surface area contributed by atoms with E-state index in [1.807, 2.05) is 13.2 Å². The number of hydrogen-bond acceptors (Lipinski definition) is 3. The van der Waals surface area contributed by atoms with Crippen LogP contribution in [0.1, 0.15) is 6.92 Å². The van der Waals surface area contributed by atoms with E-state index in [0.29, 0.717) is 15.7 Å². The van der Waals surface area contributed by atoms with Gasteiger partial charge in [-0.1, -0.05) is 29.3 Å². The third-order valence-corrected chi connectivity index (χ3v) is 3.72. The van der Waals surface area contributed by atoms with Gasteiger partial charge in [-0.25, -0.2) is 0 Å². The van der Waals surface area contributed by atoms with Crippen LogP contribution in [0.15, 0.2) is 18.2 Å². The van der Waals surface area contributed by atoms with Crippen molar-refractivity contribution < 1.29 is 4.79 Å². The van der Waals surface area contributed by atoms with Gasteiger partial charge in [0.15, 0.2) is 0 Å². The van der Waals surface area contributed by atoms with Gasteiger partial charge in [-0.2, -0.15) is 11.8 Å². The van der Waals surface area contributed by atoms with Crippen LogP contribution in [0.25, 0.3) is 0 Å². The van der Waals surface area contributed by atoms with Crippen molar-refractivity contribution in [2.75, 3.05) is 23.9 Å². The Balaban J connectivity index is 2.50. The molecule has 1 aromatic rings. The van der Waals surface area contributed by atoms with Crippen LogP contribution in [0.3, 0.4) is 0 Å². The molecule has 18 heavy (non-hydrogen) atoms. The van der Waals surface area contributed by atoms with Gasteiger partial charge in [-0.05, 0) is 25.3 Å². The Labute approximate surface area is 122 Å². The lowest BCUT2D eigenvalue weighted by Crippen LogP contribution is -2.35. The molecule has 3 nitrogen and oxygen atoms in total. The Morgan fingerprint density at radius 2 is 2.00 bits per heavy atom. The topological polar surface area (TPSA) is 41.1 Å². The number of carbonyl (C=O) groups is 1. The predicted octanol–water partition coefficient (Wildman–Crippen LogP) is 3.27. The third kappa shape index (κ3) is 5.06. The fourth-order valence-corrected chi connectivity index (χ4v) is 2.49. The Morgan fingerprint density at radius 3 is 2.56 bits per heavy atom. The van der Waals surface area contributed by atoms with Crippen molar-refractivity contribution in [3.05, 3.63) is 28.2 Å². The molecule has 2 N–H and O–H groups in total. The standard InChI is InChI=1S/C12H16Cl2N2OS/c1-8(7-18-2)15-6-11(17)16-12-9(13)4-3-5-10(12)14/h3-5,8,15H,6-7H2,1-2H3,(H,16,17). The normalized spacial score (nSPS) is 12.2. The number of amides is 1. The Morgan fingerprint density at radius 1 is 1.39 bits per heavy atom. The van der Waals surface area contributed by atoms with Gasteiger partial charge in [0.2, 0.25) is 5.91 Å². The van der Waals surface area contributed by atoms with Gasteiger partial charge >= 0.3 is 0 Å². The first kappa shape index (κ1) is 15.6. The van der Waals surface area contributed by atoms with Gasteiger partial charge in [-0.3, -0.25) is 4.79 Å². The summed E-state index contributed by atoms with van der Waals surface area (Å²) in [5.41, 5.74) is 0.463. The molecule has 0 aliphatic carbocycles. The van der Waals surface area contributed by atoms with E-state index in [2.05, 4.69) is 10.6 Å². The van der Waals surface area contributed by atoms with Crippen LogP contribution < -0.4 is 10.6 Å². The molecule has 6 heteroatoms. The summed E-state index contributed by atoms with van der Waals surface area (Å²) in [4.78, 5) is 11.7. The molecule has 0 aromatic heterocycles. The molecule has 0 radical (unpaired) electrons. The van der Waals surface area contributed by atoms with Crippen LogP contribution in [-0.2, 0) is 4.79 Å². The molecule has 0 aliphatic rings. The van der Waals surface area contributed by atoms with E-state index in [1.165, 1.54) is 0 Å². The zero-order valence-corrected chi connectivity index (χ0v) is 12.6. The number of carbonyl (C=O) groups excluding carboxylic acids is 1. The highest BCUT2D eigenvalue weighted by atomic mass is 35.5. The van der Waals surface area contributed by atoms with E-state index in [4.69, 9.17) is 23.2 Å². The van der Waals surface area contributed by atoms with Gasteiger partial charge in [0.05, 0.1) is 22.3 Å². The SMILES string of the molecule is CSCC(C)NCC(=O)Nc1c(Cl)cccc1Cl. The minimum Gasteiger partial charge on any atom is -0.322 e. The second-order valence-electron chi connectivity index (χ2n) is 3.88. The quantitative estimate of drug-likeness (QED) is 0.847. The zero-order valence-electron chi connectivity index (χ0n) is 10.3. The summed E-state index contributed by atoms with van der Waals surface area (Å²) in [6, 6.07) is 5.39. The molecule has 1 aromatic carbocycles. The molecule has 1 amide bonds. The van der Waals surface area contributed by atoms with E-state index >= 15 is 0 Å². The van der Waals surface area contributed by atoms with Crippen LogP contribution in [0.4, 0.5) is 5.69 Å². The highest BCUT2D eigenvalue weighted by molar-refractivity contribution is 7.98. The summed E-state index contributed by atoms with van der Waals surface area (Å²) in [6.45, 7) is 2.27. The largest absolute Gasteiger partial charge is 0.322 e. The molecular formula is C12H16Cl2N2OS. The highest BCUT2D eigenvalue weighted by Crippen LogP contribution is 2.29. The summed E-state index contributed by atoms with van der Waals surface area (Å²) in [6.07, 6.45) is 2.03. The highest BCUT2D eigenvalue weighted by Gasteiger charge is 2.10. The van der Waals surface area contributed by atoms with Crippen LogP contribution >= 0.6 is 35.0 Å². The van der Waals surface area contributed by atoms with Crippen molar-refractivity contribution in [1.82, 2.24) is 5.32 Å². The Hall–Kier alpha value is -0.420. The van der Waals surface area contributed by atoms with Crippen molar-refractivity contribution in [2.24, 2.45) is 0 Å². The second-order valence-corrected chi connectivity index (χ2v) is 5.61. The number of rotatable bonds is 6. The summed E-state index contributed by atoms with van der Waals surface area (Å²) in [7, 11) is 0. The van der Waals surface area contributed by atoms with Crippen LogP contribution in [0.5, 0.6) is 0 Å². The molecule has 0 aliphatic heterocycles. The van der Waals surface area contributed by atoms with E-state index in [1.54, 1.807) is 30.0 Å². The second kappa shape index (κ2) is 7.89. The average Bonchev–Trinajstić information content (AvgIpc) is 2.32. The summed E-state index contributed by atoms with van der Waals surface area (Å²) in [5, 5.41) is 6.70. The summed E-state index contributed by atoms with van der Waals surface area (Å²) >= 11 is 13.7. The molecule has 1 rings (SSSR count). The molecule has 0 bridgehead atoms. The Kier molecular flexibility index (Phi) is 6.86. The molecular weight excluding hydrogens is 291 g/mol. The smallest absolute Gasteiger partial charge is 0.238 e. The maximum absolute atomic E-state index is 11.7. The van der Waals surface area contributed by atoms with Gasteiger partial charge < -0.3 is 10.6 Å². The first-order chi connectivity index (χ1) is 8.54. The fraction of sp³-hybridized carbons (Fsp3) is 0.417. The number of benzene rings is 1. The van der Waals surface area contributed by atoms with Crippen molar-refractivity contribution >= 4 is 46.6 Å². The summed E-state index contributed by atoms with van der Waals surface area (Å²) < 4.78 is 0. The first-order valence-corrected chi connectivity index (χ1v) is 7.65. The third-order valence-electron chi connectivity index (χ3n) is 2.25. The van der Waals surface area contributed by atoms with Gasteiger partial charge in [0.1, 0.15) is 0 Å². The van der Waals surface area contributed by atoms with E-state index < -0.39 is 0 Å². The number of anilines is 1. The minimum absolute atomic E-state index is 0.155. The molecule has 0 fully saturated rings. The maximum atomic E-state index is 11.7. The monoisotopic (exact) mass is 306 g/mol. The van der Waals surface area contributed by atoms with Crippen molar-refractivity contribution in [3.63, 3.8) is 0 Å². The van der Waals surface area contributed by atoms with E-state index in [0.717, 1.165) is 5.75 Å². The van der Waals surface area contributed by atoms with Crippen molar-refractivity contribution in [1.29, 1.82) is 0 Å². The van der Waals surface area contributed by atoms with E-state index in [-0.39, 0.29) is 18.5 Å². The lowest BCUT2D eigenvalue weighted by molar-refractivity contribution is -0.115. The van der Waals surface area contributed by atoms with Gasteiger partial charge in [-0.15, -0.1) is 0 Å². The lowest BCUT2D eigenvalue weighted by atomic mass is 10.3. The lowest BCUT2D eigenvalue weighted by Gasteiger charge is -2.13. The maximum Gasteiger partial charge on any atom is 0.238 e. The minimum atomic E-state index is -0.155. The van der Waals surface area contributed by atoms with E-state index in [9.17, 15) is 4.79 Å². The molecule has 0 saturated heterocycles. The van der Waals surface area contributed by atoms with Crippen molar-refractivity contribution in [3.8, 4) is 0 Å². The number of halogens is 2. The molecule has 1 unspecified atom stereocenters. The van der Waals surface area contributed by atoms with Crippen LogP contribution in [0.2, 0.25) is 10.0 Å². The predicted molar refractivity (Wildman–Crippen MR) is 80.9 cm³/mol. The average molecular weight is 307 g/mol. The number of nitrogens with one attached hydrogen (secondary N) is 2. The fourth-order valence-electron chi connectivity index (χ4n) is 1.38. The van der Waals surface area contributed by atoms with Gasteiger partial charge in [0, 0.05) is 11.8 Å². The molecule has 0 heterocycles. The Bertz CT molecular complexity index is 395. The van der Waals surface area contributed by atoms with Crippen molar-refractivity contribution in [2.45, 2.75) is 13.0 Å².